The lowest BCUT2D eigenvalue weighted by atomic mass is 10.2. The Balaban J connectivity index is 1.95. The fraction of sp³-hybridized carbons (Fsp3) is 0.440. The summed E-state index contributed by atoms with van der Waals surface area (Å²) in [4.78, 5) is 18.1. The topological polar surface area (TPSA) is 90.2 Å². The molecule has 0 aliphatic heterocycles. The molecule has 0 aliphatic carbocycles. The Bertz CT molecular complexity index is 1310. The minimum atomic E-state index is -3.61. The highest BCUT2D eigenvalue weighted by Gasteiger charge is 2.23. The first-order chi connectivity index (χ1) is 16.8. The average molecular weight is 520 g/mol. The number of carbonyl (C=O) groups is 1. The molecule has 3 rings (SSSR count). The molecule has 0 saturated carbocycles. The highest BCUT2D eigenvalue weighted by atomic mass is 32.2. The Kier molecular flexibility index (Phi) is 9.62. The number of fused-ring (bicyclic) bond motifs is 1. The largest absolute Gasteiger partial charge is 0.494 e. The predicted octanol–water partition coefficient (Wildman–Crippen LogP) is 4.30. The van der Waals surface area contributed by atoms with Gasteiger partial charge in [0.2, 0.25) is 10.0 Å². The molecule has 0 bridgehead atoms. The van der Waals surface area contributed by atoms with Gasteiger partial charge < -0.3 is 14.0 Å². The first kappa shape index (κ1) is 27.1. The molecule has 35 heavy (non-hydrogen) atoms. The van der Waals surface area contributed by atoms with Crippen molar-refractivity contribution >= 4 is 37.5 Å². The molecule has 1 heterocycles. The number of thiazole rings is 1. The maximum atomic E-state index is 13.0. The zero-order chi connectivity index (χ0) is 25.4. The molecule has 0 atom stereocenters. The summed E-state index contributed by atoms with van der Waals surface area (Å²) in [7, 11) is -1.98. The van der Waals surface area contributed by atoms with E-state index in [-0.39, 0.29) is 4.90 Å². The van der Waals surface area contributed by atoms with Gasteiger partial charge in [0.25, 0.3) is 5.91 Å². The lowest BCUT2D eigenvalue weighted by molar-refractivity contribution is 0.0997. The number of methoxy groups -OCH3 is 1. The van der Waals surface area contributed by atoms with Gasteiger partial charge in [-0.1, -0.05) is 25.2 Å². The molecule has 10 heteroatoms. The minimum absolute atomic E-state index is 0.177. The maximum absolute atomic E-state index is 13.0. The van der Waals surface area contributed by atoms with Gasteiger partial charge in [-0.3, -0.25) is 4.79 Å². The van der Waals surface area contributed by atoms with Crippen molar-refractivity contribution in [3.8, 4) is 5.75 Å². The SMILES string of the molecule is CCCN(CCC)S(=O)(=O)c1ccc(C(=O)N=c2sc3cc(OCC)ccc3n2CCOC)cc1. The van der Waals surface area contributed by atoms with Crippen LogP contribution in [0.3, 0.4) is 0 Å². The molecule has 0 fully saturated rings. The second kappa shape index (κ2) is 12.4. The second-order valence-electron chi connectivity index (χ2n) is 7.94. The van der Waals surface area contributed by atoms with E-state index in [1.54, 1.807) is 7.11 Å². The monoisotopic (exact) mass is 519 g/mol. The van der Waals surface area contributed by atoms with Crippen LogP contribution in [-0.4, -0.2) is 56.6 Å². The van der Waals surface area contributed by atoms with Crippen LogP contribution < -0.4 is 9.54 Å². The fourth-order valence-corrected chi connectivity index (χ4v) is 6.42. The lowest BCUT2D eigenvalue weighted by Gasteiger charge is -2.21. The molecule has 2 aromatic carbocycles. The third-order valence-electron chi connectivity index (χ3n) is 5.37. The number of rotatable bonds is 12. The standard InChI is InChI=1S/C25H33N3O5S2/c1-5-14-27(15-6-2)35(30,31)21-11-8-19(9-12-21)24(29)26-25-28(16-17-32-4)22-13-10-20(33-7-3)18-23(22)34-25/h8-13,18H,5-7,14-17H2,1-4H3. The van der Waals surface area contributed by atoms with Crippen molar-refractivity contribution in [1.29, 1.82) is 0 Å². The van der Waals surface area contributed by atoms with Crippen molar-refractivity contribution in [3.63, 3.8) is 0 Å². The van der Waals surface area contributed by atoms with Crippen molar-refractivity contribution in [2.75, 3.05) is 33.4 Å². The molecule has 0 saturated heterocycles. The molecule has 1 aromatic heterocycles. The molecular weight excluding hydrogens is 486 g/mol. The fourth-order valence-electron chi connectivity index (χ4n) is 3.71. The Morgan fingerprint density at radius 2 is 1.74 bits per heavy atom. The van der Waals surface area contributed by atoms with E-state index in [0.29, 0.717) is 43.2 Å². The van der Waals surface area contributed by atoms with E-state index in [4.69, 9.17) is 9.47 Å². The average Bonchev–Trinajstić information content (AvgIpc) is 3.18. The zero-order valence-corrected chi connectivity index (χ0v) is 22.3. The first-order valence-corrected chi connectivity index (χ1v) is 14.1. The van der Waals surface area contributed by atoms with E-state index in [1.807, 2.05) is 43.5 Å². The summed E-state index contributed by atoms with van der Waals surface area (Å²) in [6.45, 7) is 8.33. The van der Waals surface area contributed by atoms with E-state index in [2.05, 4.69) is 4.99 Å². The lowest BCUT2D eigenvalue weighted by Crippen LogP contribution is -2.32. The summed E-state index contributed by atoms with van der Waals surface area (Å²) in [5.41, 5.74) is 1.27. The smallest absolute Gasteiger partial charge is 0.279 e. The van der Waals surface area contributed by atoms with Crippen molar-refractivity contribution < 1.29 is 22.7 Å². The molecule has 8 nitrogen and oxygen atoms in total. The number of carbonyl (C=O) groups excluding carboxylic acids is 1. The van der Waals surface area contributed by atoms with Crippen LogP contribution in [0.25, 0.3) is 10.2 Å². The van der Waals surface area contributed by atoms with Crippen molar-refractivity contribution in [2.24, 2.45) is 4.99 Å². The number of benzene rings is 2. The van der Waals surface area contributed by atoms with Crippen LogP contribution in [0, 0.1) is 0 Å². The van der Waals surface area contributed by atoms with Gasteiger partial charge in [-0.2, -0.15) is 9.30 Å². The van der Waals surface area contributed by atoms with Gasteiger partial charge in [-0.25, -0.2) is 8.42 Å². The van der Waals surface area contributed by atoms with E-state index >= 15 is 0 Å². The summed E-state index contributed by atoms with van der Waals surface area (Å²) in [5, 5.41) is 0. The predicted molar refractivity (Wildman–Crippen MR) is 139 cm³/mol. The summed E-state index contributed by atoms with van der Waals surface area (Å²) in [5.74, 6) is 0.325. The van der Waals surface area contributed by atoms with E-state index < -0.39 is 15.9 Å². The van der Waals surface area contributed by atoms with E-state index in [0.717, 1.165) is 28.8 Å². The number of amides is 1. The van der Waals surface area contributed by atoms with Crippen molar-refractivity contribution in [1.82, 2.24) is 8.87 Å². The number of ether oxygens (including phenoxy) is 2. The van der Waals surface area contributed by atoms with Crippen molar-refractivity contribution in [3.05, 3.63) is 52.8 Å². The molecule has 0 aliphatic rings. The van der Waals surface area contributed by atoms with Gasteiger partial charge in [0.15, 0.2) is 4.80 Å². The summed E-state index contributed by atoms with van der Waals surface area (Å²) in [6, 6.07) is 11.8. The molecule has 0 unspecified atom stereocenters. The number of hydrogen-bond acceptors (Lipinski definition) is 6. The second-order valence-corrected chi connectivity index (χ2v) is 10.9. The number of hydrogen-bond donors (Lipinski definition) is 0. The molecular formula is C25H33N3O5S2. The molecule has 3 aromatic rings. The summed E-state index contributed by atoms with van der Waals surface area (Å²) < 4.78 is 41.2. The van der Waals surface area contributed by atoms with Crippen molar-refractivity contribution in [2.45, 2.75) is 45.1 Å². The quantitative estimate of drug-likeness (QED) is 0.356. The van der Waals surface area contributed by atoms with Gasteiger partial charge in [0.1, 0.15) is 5.75 Å². The molecule has 0 spiro atoms. The number of aromatic nitrogens is 1. The molecule has 0 radical (unpaired) electrons. The molecule has 190 valence electrons. The van der Waals surface area contributed by atoms with Crippen LogP contribution in [0.4, 0.5) is 0 Å². The Labute approximate surface area is 210 Å². The summed E-state index contributed by atoms with van der Waals surface area (Å²) >= 11 is 1.40. The van der Waals surface area contributed by atoms with Crippen LogP contribution in [0.5, 0.6) is 5.75 Å². The highest BCUT2D eigenvalue weighted by Crippen LogP contribution is 2.24. The molecule has 0 N–H and O–H groups in total. The normalized spacial score (nSPS) is 12.5. The Morgan fingerprint density at radius 3 is 2.34 bits per heavy atom. The van der Waals surface area contributed by atoms with Crippen LogP contribution >= 0.6 is 11.3 Å². The highest BCUT2D eigenvalue weighted by molar-refractivity contribution is 7.89. The first-order valence-electron chi connectivity index (χ1n) is 11.8. The Hall–Kier alpha value is -2.53. The van der Waals surface area contributed by atoms with Crippen LogP contribution in [0.15, 0.2) is 52.4 Å². The van der Waals surface area contributed by atoms with Crippen LogP contribution in [0.2, 0.25) is 0 Å². The van der Waals surface area contributed by atoms with Crippen LogP contribution in [0.1, 0.15) is 44.0 Å². The van der Waals surface area contributed by atoms with Crippen LogP contribution in [-0.2, 0) is 21.3 Å². The van der Waals surface area contributed by atoms with Gasteiger partial charge in [-0.15, -0.1) is 0 Å². The third kappa shape index (κ3) is 6.38. The van der Waals surface area contributed by atoms with E-state index in [1.165, 1.54) is 39.9 Å². The van der Waals surface area contributed by atoms with Gasteiger partial charge >= 0.3 is 0 Å². The Morgan fingerprint density at radius 1 is 1.06 bits per heavy atom. The number of nitrogens with zero attached hydrogens (tertiary/aromatic N) is 3. The van der Waals surface area contributed by atoms with E-state index in [9.17, 15) is 13.2 Å². The van der Waals surface area contributed by atoms with Gasteiger partial charge in [0.05, 0.1) is 28.3 Å². The zero-order valence-electron chi connectivity index (χ0n) is 20.7. The summed E-state index contributed by atoms with van der Waals surface area (Å²) in [6.07, 6.45) is 1.47. The maximum Gasteiger partial charge on any atom is 0.279 e. The van der Waals surface area contributed by atoms with Gasteiger partial charge in [-0.05, 0) is 62.2 Å². The number of sulfonamides is 1. The third-order valence-corrected chi connectivity index (χ3v) is 8.32. The minimum Gasteiger partial charge on any atom is -0.494 e. The molecule has 1 amide bonds. The van der Waals surface area contributed by atoms with Gasteiger partial charge in [0, 0.05) is 32.3 Å².